The van der Waals surface area contributed by atoms with Gasteiger partial charge in [-0.2, -0.15) is 4.98 Å². The molecule has 40 heteroatoms. The standard InChI is InChI=1S/C23H27ClN4O6.C18H23N5O5.C16H16BrN5O.C16H17N5O.C13H15N5O/c1-4-15-18(32-13(2)29)19(33-14(3)30)22(34-15)28-12-25-17-20(24)26-16(27-21(17)28)8-11-23(31)9-6-5-7-10-23;19-15-12-16(22-11(21-15)4-7-18(27)5-2-1-3-6-18)23(9-20-12)17-14(26)13(25)10(8-24)28-17;1-2-10-22-14-12(21-15(22)17)13(18)19-11(20-14)6-9-16(23)7-4-3-5-8-16;1-2-10-21-11-18-13-14(17)19-12(20-15(13)21)6-9-16(22)7-4-3-5-8-16;14-11-10-12(16-8-15-10)18-9(17-11)4-7-13(19)5-2-1-3-6-13/h12,15,18-19,22,31H,4-7,9-10H2,1-3H3;9-10,13-14,17,24-27H,1-3,5-6,8H2,(H2,19,21,22);1,23H,3-5,7-8,10H2,(H2,18,19,20);1,11,22H,3-5,7-8,10H2,(H2,17,19,20);8,19H,1-3,5-6H2,(H3,14,15,16,17,18)/t15-,18-,19-,22?;10-,13-,14-,17?;;;/m11.../s1. The summed E-state index contributed by atoms with van der Waals surface area (Å²) in [6, 6.07) is 0. The van der Waals surface area contributed by atoms with Gasteiger partial charge in [-0.3, -0.25) is 23.3 Å². The van der Waals surface area contributed by atoms with Gasteiger partial charge in [0.05, 0.1) is 45.0 Å². The Morgan fingerprint density at radius 2 is 0.881 bits per heavy atom. The summed E-state index contributed by atoms with van der Waals surface area (Å²) in [4.78, 5) is 89.9. The number of anilines is 4. The Bertz CT molecular complexity index is 6090. The Morgan fingerprint density at radius 1 is 0.492 bits per heavy atom. The lowest BCUT2D eigenvalue weighted by atomic mass is 9.85. The quantitative estimate of drug-likeness (QED) is 0.0376. The second kappa shape index (κ2) is 40.2. The average Bonchev–Trinajstić information content (AvgIpc) is 1.61. The lowest BCUT2D eigenvalue weighted by molar-refractivity contribution is -0.165. The van der Waals surface area contributed by atoms with Crippen LogP contribution in [0, 0.1) is 83.9 Å². The number of fused-ring (bicyclic) bond motifs is 5. The van der Waals surface area contributed by atoms with Crippen LogP contribution < -0.4 is 22.9 Å². The van der Waals surface area contributed by atoms with Crippen molar-refractivity contribution < 1.29 is 69.4 Å². The first kappa shape index (κ1) is 91.9. The predicted octanol–water partition coefficient (Wildman–Crippen LogP) is 5.69. The van der Waals surface area contributed by atoms with Crippen LogP contribution in [0.3, 0.4) is 0 Å². The van der Waals surface area contributed by atoms with Gasteiger partial charge in [-0.05, 0) is 180 Å². The third-order valence-electron chi connectivity index (χ3n) is 22.5. The van der Waals surface area contributed by atoms with Crippen molar-refractivity contribution in [3.8, 4) is 83.9 Å². The number of nitrogen functional groups attached to an aromatic ring is 4. The number of hydrogen-bond donors (Lipinski definition) is 13. The molecular formula is C86H98BrClN24O14. The van der Waals surface area contributed by atoms with E-state index in [4.69, 9.17) is 66.3 Å². The summed E-state index contributed by atoms with van der Waals surface area (Å²) in [6.45, 7) is 4.66. The number of H-pyrrole nitrogens is 1. The molecule has 5 saturated carbocycles. The van der Waals surface area contributed by atoms with E-state index < -0.39 is 95.6 Å². The molecule has 17 N–H and O–H groups in total. The molecule has 5 aliphatic carbocycles. The summed E-state index contributed by atoms with van der Waals surface area (Å²) in [5.74, 6) is 34.7. The zero-order valence-corrected chi connectivity index (χ0v) is 72.0. The highest BCUT2D eigenvalue weighted by Crippen LogP contribution is 2.40. The summed E-state index contributed by atoms with van der Waals surface area (Å²) < 4.78 is 29.6. The summed E-state index contributed by atoms with van der Waals surface area (Å²) in [5, 5.41) is 82.0. The van der Waals surface area contributed by atoms with Gasteiger partial charge in [0.2, 0.25) is 29.1 Å². The Balaban J connectivity index is 0.000000137. The molecule has 126 heavy (non-hydrogen) atoms. The minimum absolute atomic E-state index is 0.0919. The number of aromatic nitrogens is 20. The molecule has 2 saturated heterocycles. The Labute approximate surface area is 737 Å². The Morgan fingerprint density at radius 3 is 1.33 bits per heavy atom. The van der Waals surface area contributed by atoms with Crippen LogP contribution in [0.15, 0.2) is 30.0 Å². The maximum absolute atomic E-state index is 11.8. The highest BCUT2D eigenvalue weighted by Gasteiger charge is 2.50. The van der Waals surface area contributed by atoms with E-state index in [1.807, 2.05) is 6.92 Å². The summed E-state index contributed by atoms with van der Waals surface area (Å²) in [7, 11) is 0. The summed E-state index contributed by atoms with van der Waals surface area (Å²) in [6.07, 6.45) is 31.4. The number of aliphatic hydroxyl groups is 8. The number of rotatable bonds is 8. The first-order chi connectivity index (χ1) is 60.4. The molecule has 17 rings (SSSR count). The van der Waals surface area contributed by atoms with Gasteiger partial charge in [0.1, 0.15) is 74.5 Å². The van der Waals surface area contributed by atoms with Crippen LogP contribution >= 0.6 is 27.5 Å². The highest BCUT2D eigenvalue weighted by molar-refractivity contribution is 9.10. The van der Waals surface area contributed by atoms with Crippen LogP contribution in [0.1, 0.15) is 229 Å². The van der Waals surface area contributed by atoms with Gasteiger partial charge >= 0.3 is 11.9 Å². The topological polar surface area (TPSA) is 566 Å². The molecule has 8 atom stereocenters. The fraction of sp³-hybridized carbons (Fsp3) is 0.523. The zero-order chi connectivity index (χ0) is 89.7. The fourth-order valence-electron chi connectivity index (χ4n) is 15.9. The second-order valence-corrected chi connectivity index (χ2v) is 33.0. The summed E-state index contributed by atoms with van der Waals surface area (Å²) >= 11 is 9.70. The number of aromatic amines is 1. The molecule has 10 aromatic rings. The van der Waals surface area contributed by atoms with E-state index in [2.05, 4.69) is 167 Å². The maximum Gasteiger partial charge on any atom is 0.303 e. The molecule has 0 bridgehead atoms. The molecule has 2 aliphatic heterocycles. The molecule has 0 radical (unpaired) electrons. The van der Waals surface area contributed by atoms with E-state index in [1.54, 1.807) is 20.0 Å². The molecule has 38 nitrogen and oxygen atoms in total. The minimum atomic E-state index is -1.27. The molecule has 0 amide bonds. The molecule has 0 spiro atoms. The maximum atomic E-state index is 11.8. The van der Waals surface area contributed by atoms with Crippen molar-refractivity contribution in [2.75, 3.05) is 29.5 Å². The first-order valence-corrected chi connectivity index (χ1v) is 42.9. The number of nitrogens with zero attached hydrogens (tertiary/aromatic N) is 19. The third kappa shape index (κ3) is 22.0. The molecule has 12 heterocycles. The zero-order valence-electron chi connectivity index (χ0n) is 69.7. The molecule has 7 aliphatic rings. The number of esters is 2. The van der Waals surface area contributed by atoms with Crippen molar-refractivity contribution >= 4 is 119 Å². The third-order valence-corrected chi connectivity index (χ3v) is 23.4. The smallest absolute Gasteiger partial charge is 0.303 e. The van der Waals surface area contributed by atoms with Crippen molar-refractivity contribution in [1.82, 2.24) is 98.0 Å². The number of carbonyl (C=O) groups excluding carboxylic acids is 2. The Hall–Kier alpha value is -11.8. The second-order valence-electron chi connectivity index (χ2n) is 32.0. The van der Waals surface area contributed by atoms with Crippen LogP contribution in [0.2, 0.25) is 5.15 Å². The van der Waals surface area contributed by atoms with Crippen molar-refractivity contribution in [3.05, 3.63) is 64.3 Å². The molecule has 7 fully saturated rings. The van der Waals surface area contributed by atoms with Crippen LogP contribution in [0.4, 0.5) is 23.3 Å². The highest BCUT2D eigenvalue weighted by atomic mass is 79.9. The van der Waals surface area contributed by atoms with Gasteiger partial charge in [-0.25, -0.2) is 69.8 Å². The van der Waals surface area contributed by atoms with E-state index in [-0.39, 0.29) is 51.6 Å². The number of aliphatic hydroxyl groups excluding tert-OH is 3. The molecule has 2 unspecified atom stereocenters. The van der Waals surface area contributed by atoms with Gasteiger partial charge in [-0.1, -0.05) is 92.1 Å². The normalized spacial score (nSPS) is 22.2. The average molecular weight is 1810 g/mol. The number of imidazole rings is 5. The fourth-order valence-corrected chi connectivity index (χ4v) is 16.6. The van der Waals surface area contributed by atoms with E-state index in [0.29, 0.717) is 150 Å². The van der Waals surface area contributed by atoms with Crippen molar-refractivity contribution in [2.24, 2.45) is 0 Å². The minimum Gasteiger partial charge on any atom is -0.456 e. The van der Waals surface area contributed by atoms with E-state index in [1.165, 1.54) is 37.4 Å². The summed E-state index contributed by atoms with van der Waals surface area (Å²) in [5.41, 5.74) is 23.1. The SMILES string of the molecule is C#CCn1c(Br)nc2c(N)nc(C#CC3(O)CCCCC3)nc21.C#CCn1cnc2c(N)nc(C#CC3(O)CCCCC3)nc21.CC[C@H]1OC(n2cnc3c(Cl)nc(C#CC4(O)CCCCC4)nc32)[C@H](OC(C)=O)[C@@H]1OC(C)=O.Nc1nc(C#CC2(O)CCCCC2)nc2c1ncn2C1O[C@H](CO)[C@@H](O)[C@H]1O.Nc1nc(C#CC2(O)CCCCC2)nc2nc[nH]c12. The first-order valence-electron chi connectivity index (χ1n) is 41.7. The van der Waals surface area contributed by atoms with Crippen LogP contribution in [0.25, 0.3) is 55.8 Å². The van der Waals surface area contributed by atoms with Gasteiger partial charge in [0.15, 0.2) is 91.6 Å². The number of terminal acetylenes is 2. The van der Waals surface area contributed by atoms with E-state index in [0.717, 1.165) is 96.3 Å². The lowest BCUT2D eigenvalue weighted by Gasteiger charge is -2.26. The number of carbonyl (C=O) groups is 2. The predicted molar refractivity (Wildman–Crippen MR) is 464 cm³/mol. The number of ether oxygens (including phenoxy) is 4. The Kier molecular flexibility index (Phi) is 29.3. The molecular weight excluding hydrogens is 1710 g/mol. The van der Waals surface area contributed by atoms with Gasteiger partial charge in [0, 0.05) is 13.8 Å². The van der Waals surface area contributed by atoms with Crippen LogP contribution in [-0.4, -0.2) is 222 Å². The number of halogens is 2. The monoisotopic (exact) mass is 1800 g/mol. The van der Waals surface area contributed by atoms with Gasteiger partial charge in [0.25, 0.3) is 0 Å². The lowest BCUT2D eigenvalue weighted by Crippen LogP contribution is -2.38. The van der Waals surface area contributed by atoms with Crippen molar-refractivity contribution in [1.29, 1.82) is 0 Å². The van der Waals surface area contributed by atoms with Gasteiger partial charge in [-0.15, -0.1) is 12.8 Å². The number of nitrogens with one attached hydrogen (secondary N) is 1. The van der Waals surface area contributed by atoms with E-state index >= 15 is 0 Å². The van der Waals surface area contributed by atoms with Crippen LogP contribution in [-0.2, 0) is 41.6 Å². The van der Waals surface area contributed by atoms with Crippen LogP contribution in [0.5, 0.6) is 0 Å². The molecule has 0 aromatic carbocycles. The number of nitrogens with two attached hydrogens (primary N) is 4. The largest absolute Gasteiger partial charge is 0.456 e. The molecule has 660 valence electrons. The van der Waals surface area contributed by atoms with Crippen molar-refractivity contribution in [2.45, 2.75) is 278 Å². The molecule has 10 aromatic heterocycles. The van der Waals surface area contributed by atoms with Crippen molar-refractivity contribution in [3.63, 3.8) is 0 Å². The van der Waals surface area contributed by atoms with Gasteiger partial charge < -0.3 is 92.3 Å². The van der Waals surface area contributed by atoms with E-state index in [9.17, 15) is 50.4 Å². The number of hydrogen-bond acceptors (Lipinski definition) is 33.